The Labute approximate surface area is 115 Å². The molecule has 0 spiro atoms. The maximum atomic E-state index is 6.05. The fraction of sp³-hybridized carbons (Fsp3) is 0.231. The third-order valence-corrected chi connectivity index (χ3v) is 3.83. The minimum Gasteiger partial charge on any atom is -0.306 e. The summed E-state index contributed by atoms with van der Waals surface area (Å²) in [4.78, 5) is 1.27. The molecule has 90 valence electrons. The summed E-state index contributed by atoms with van der Waals surface area (Å²) in [6.45, 7) is 2.99. The van der Waals surface area contributed by atoms with E-state index >= 15 is 0 Å². The predicted molar refractivity (Wildman–Crippen MR) is 76.3 cm³/mol. The lowest BCUT2D eigenvalue weighted by atomic mass is 10.1. The summed E-state index contributed by atoms with van der Waals surface area (Å²) in [6, 6.07) is 10.0. The second-order valence-electron chi connectivity index (χ2n) is 3.71. The average molecular weight is 286 g/mol. The molecule has 0 radical (unpaired) electrons. The average Bonchev–Trinajstić information content (AvgIpc) is 2.77. The van der Waals surface area contributed by atoms with Crippen LogP contribution >= 0.6 is 34.5 Å². The van der Waals surface area contributed by atoms with Crippen molar-refractivity contribution < 1.29 is 0 Å². The molecule has 1 nitrogen and oxygen atoms in total. The molecule has 0 saturated heterocycles. The van der Waals surface area contributed by atoms with Gasteiger partial charge in [0.2, 0.25) is 0 Å². The molecule has 1 aromatic heterocycles. The molecule has 0 amide bonds. The molecule has 4 heteroatoms. The van der Waals surface area contributed by atoms with E-state index in [9.17, 15) is 0 Å². The highest BCUT2D eigenvalue weighted by atomic mass is 35.5. The van der Waals surface area contributed by atoms with Gasteiger partial charge < -0.3 is 5.32 Å². The predicted octanol–water partition coefficient (Wildman–Crippen LogP) is 4.75. The largest absolute Gasteiger partial charge is 0.306 e. The molecule has 2 aromatic rings. The van der Waals surface area contributed by atoms with Crippen molar-refractivity contribution in [2.75, 3.05) is 6.54 Å². The second-order valence-corrected chi connectivity index (χ2v) is 5.56. The van der Waals surface area contributed by atoms with Gasteiger partial charge in [0.05, 0.1) is 6.04 Å². The van der Waals surface area contributed by atoms with Gasteiger partial charge in [0.15, 0.2) is 0 Å². The zero-order valence-corrected chi connectivity index (χ0v) is 11.7. The molecular weight excluding hydrogens is 273 g/mol. The molecular formula is C13H13Cl2NS. The van der Waals surface area contributed by atoms with Crippen molar-refractivity contribution in [2.45, 2.75) is 13.0 Å². The van der Waals surface area contributed by atoms with Crippen LogP contribution in [-0.4, -0.2) is 6.54 Å². The first-order valence-corrected chi connectivity index (χ1v) is 7.07. The quantitative estimate of drug-likeness (QED) is 0.855. The molecule has 0 bridgehead atoms. The minimum atomic E-state index is 0.163. The first kappa shape index (κ1) is 12.9. The highest BCUT2D eigenvalue weighted by molar-refractivity contribution is 7.10. The van der Waals surface area contributed by atoms with Crippen LogP contribution in [0, 0.1) is 0 Å². The van der Waals surface area contributed by atoms with Crippen LogP contribution in [-0.2, 0) is 0 Å². The fourth-order valence-electron chi connectivity index (χ4n) is 1.78. The van der Waals surface area contributed by atoms with Crippen molar-refractivity contribution in [1.29, 1.82) is 0 Å². The highest BCUT2D eigenvalue weighted by Gasteiger charge is 2.14. The Morgan fingerprint density at radius 3 is 2.47 bits per heavy atom. The number of thiophene rings is 1. The molecule has 0 fully saturated rings. The smallest absolute Gasteiger partial charge is 0.0671 e. The van der Waals surface area contributed by atoms with Crippen LogP contribution in [0.2, 0.25) is 10.0 Å². The molecule has 1 unspecified atom stereocenters. The fourth-order valence-corrected chi connectivity index (χ4v) is 3.15. The van der Waals surface area contributed by atoms with Gasteiger partial charge in [0.1, 0.15) is 0 Å². The Bertz CT molecular complexity index is 462. The summed E-state index contributed by atoms with van der Waals surface area (Å²) in [6.07, 6.45) is 0. The summed E-state index contributed by atoms with van der Waals surface area (Å²) in [7, 11) is 0. The Hall–Kier alpha value is -0.540. The van der Waals surface area contributed by atoms with Gasteiger partial charge in [0.25, 0.3) is 0 Å². The van der Waals surface area contributed by atoms with Gasteiger partial charge in [0, 0.05) is 14.9 Å². The highest BCUT2D eigenvalue weighted by Crippen LogP contribution is 2.30. The molecule has 1 atom stereocenters. The van der Waals surface area contributed by atoms with Gasteiger partial charge in [-0.1, -0.05) is 36.2 Å². The number of benzene rings is 1. The van der Waals surface area contributed by atoms with Crippen LogP contribution in [0.5, 0.6) is 0 Å². The summed E-state index contributed by atoms with van der Waals surface area (Å²) in [5.41, 5.74) is 1.10. The van der Waals surface area contributed by atoms with E-state index in [1.54, 1.807) is 17.4 Å². The van der Waals surface area contributed by atoms with Crippen molar-refractivity contribution >= 4 is 34.5 Å². The van der Waals surface area contributed by atoms with E-state index in [-0.39, 0.29) is 6.04 Å². The van der Waals surface area contributed by atoms with Crippen LogP contribution in [0.1, 0.15) is 23.4 Å². The number of nitrogens with one attached hydrogen (secondary N) is 1. The Morgan fingerprint density at radius 1 is 1.24 bits per heavy atom. The van der Waals surface area contributed by atoms with Crippen molar-refractivity contribution in [3.8, 4) is 0 Å². The SMILES string of the molecule is CCNC(c1cc(Cl)cc(Cl)c1)c1cccs1. The van der Waals surface area contributed by atoms with E-state index in [1.165, 1.54) is 4.88 Å². The van der Waals surface area contributed by atoms with Gasteiger partial charge in [-0.15, -0.1) is 11.3 Å². The Morgan fingerprint density at radius 2 is 1.94 bits per heavy atom. The molecule has 1 heterocycles. The molecule has 0 saturated carbocycles. The van der Waals surface area contributed by atoms with Crippen LogP contribution in [0.4, 0.5) is 0 Å². The molecule has 1 aromatic carbocycles. The van der Waals surface area contributed by atoms with Crippen molar-refractivity contribution in [3.63, 3.8) is 0 Å². The second kappa shape index (κ2) is 5.87. The first-order valence-electron chi connectivity index (χ1n) is 5.43. The molecule has 1 N–H and O–H groups in total. The van der Waals surface area contributed by atoms with Crippen LogP contribution < -0.4 is 5.32 Å². The summed E-state index contributed by atoms with van der Waals surface area (Å²) in [5.74, 6) is 0. The van der Waals surface area contributed by atoms with Crippen molar-refractivity contribution in [3.05, 3.63) is 56.2 Å². The Balaban J connectivity index is 2.38. The van der Waals surface area contributed by atoms with Gasteiger partial charge in [-0.2, -0.15) is 0 Å². The van der Waals surface area contributed by atoms with Crippen LogP contribution in [0.25, 0.3) is 0 Å². The standard InChI is InChI=1S/C13H13Cl2NS/c1-2-16-13(12-4-3-5-17-12)9-6-10(14)8-11(15)7-9/h3-8,13,16H,2H2,1H3. The van der Waals surface area contributed by atoms with Gasteiger partial charge >= 0.3 is 0 Å². The van der Waals surface area contributed by atoms with Crippen LogP contribution in [0.15, 0.2) is 35.7 Å². The minimum absolute atomic E-state index is 0.163. The Kier molecular flexibility index (Phi) is 4.46. The number of rotatable bonds is 4. The lowest BCUT2D eigenvalue weighted by molar-refractivity contribution is 0.640. The van der Waals surface area contributed by atoms with Gasteiger partial charge in [-0.05, 0) is 41.8 Å². The topological polar surface area (TPSA) is 12.0 Å². The zero-order chi connectivity index (χ0) is 12.3. The number of halogens is 2. The number of hydrogen-bond acceptors (Lipinski definition) is 2. The van der Waals surface area contributed by atoms with Crippen molar-refractivity contribution in [2.24, 2.45) is 0 Å². The molecule has 2 rings (SSSR count). The lowest BCUT2D eigenvalue weighted by Crippen LogP contribution is -2.21. The summed E-state index contributed by atoms with van der Waals surface area (Å²) in [5, 5.41) is 6.87. The maximum absolute atomic E-state index is 6.05. The third-order valence-electron chi connectivity index (χ3n) is 2.45. The van der Waals surface area contributed by atoms with E-state index in [2.05, 4.69) is 29.8 Å². The molecule has 0 aliphatic carbocycles. The third kappa shape index (κ3) is 3.23. The monoisotopic (exact) mass is 285 g/mol. The van der Waals surface area contributed by atoms with E-state index < -0.39 is 0 Å². The van der Waals surface area contributed by atoms with E-state index in [0.717, 1.165) is 12.1 Å². The van der Waals surface area contributed by atoms with E-state index in [0.29, 0.717) is 10.0 Å². The maximum Gasteiger partial charge on any atom is 0.0671 e. The summed E-state index contributed by atoms with van der Waals surface area (Å²) >= 11 is 13.8. The molecule has 0 aliphatic rings. The zero-order valence-electron chi connectivity index (χ0n) is 9.41. The van der Waals surface area contributed by atoms with E-state index in [4.69, 9.17) is 23.2 Å². The summed E-state index contributed by atoms with van der Waals surface area (Å²) < 4.78 is 0. The van der Waals surface area contributed by atoms with E-state index in [1.807, 2.05) is 12.1 Å². The molecule has 0 aliphatic heterocycles. The lowest BCUT2D eigenvalue weighted by Gasteiger charge is -2.17. The van der Waals surface area contributed by atoms with Gasteiger partial charge in [-0.25, -0.2) is 0 Å². The molecule has 17 heavy (non-hydrogen) atoms. The number of hydrogen-bond donors (Lipinski definition) is 1. The normalized spacial score (nSPS) is 12.6. The van der Waals surface area contributed by atoms with Gasteiger partial charge in [-0.3, -0.25) is 0 Å². The van der Waals surface area contributed by atoms with Crippen molar-refractivity contribution in [1.82, 2.24) is 5.32 Å². The first-order chi connectivity index (χ1) is 8.20. The van der Waals surface area contributed by atoms with Crippen LogP contribution in [0.3, 0.4) is 0 Å².